The molecule has 0 aliphatic heterocycles. The molecule has 1 amide bonds. The summed E-state index contributed by atoms with van der Waals surface area (Å²) in [5.74, 6) is -0.800. The molecule has 0 aliphatic carbocycles. The second kappa shape index (κ2) is 23.6. The minimum absolute atomic E-state index is 0.0353. The van der Waals surface area contributed by atoms with Crippen molar-refractivity contribution in [3.63, 3.8) is 0 Å². The summed E-state index contributed by atoms with van der Waals surface area (Å²) in [4.78, 5) is 48.1. The van der Waals surface area contributed by atoms with E-state index in [2.05, 4.69) is 5.32 Å². The molecule has 0 saturated carbocycles. The molecule has 0 aromatic rings. The average molecular weight is 646 g/mol. The van der Waals surface area contributed by atoms with Crippen LogP contribution in [0.25, 0.3) is 0 Å². The van der Waals surface area contributed by atoms with Crippen molar-refractivity contribution in [3.8, 4) is 0 Å². The zero-order valence-corrected chi connectivity index (χ0v) is 30.9. The SMILES string of the molecule is CC.CCC(=O)C(C)(C)CC(C)(OC)OC(C)(C)CCOC(C)CCC(=O)NC(COCCC(C)=O)COCCC(=O)C(C)C. The Balaban J connectivity index is 0. The summed E-state index contributed by atoms with van der Waals surface area (Å²) in [6, 6.07) is -0.393. The summed E-state index contributed by atoms with van der Waals surface area (Å²) < 4.78 is 29.3. The zero-order valence-electron chi connectivity index (χ0n) is 30.9. The first kappa shape index (κ1) is 45.4. The third-order valence-corrected chi connectivity index (χ3v) is 7.39. The highest BCUT2D eigenvalue weighted by Gasteiger charge is 2.40. The van der Waals surface area contributed by atoms with Gasteiger partial charge in [-0.15, -0.1) is 0 Å². The summed E-state index contributed by atoms with van der Waals surface area (Å²) in [5, 5.41) is 2.94. The molecule has 10 heteroatoms. The standard InChI is InChI=1S/C33H61NO9.C2H6/c1-12-29(37)31(6,7)23-33(10,39-11)43-32(8,9)17-20-42-26(5)13-14-30(38)34-27(21-40-18-15-25(4)35)22-41-19-16-28(36)24(2)3;1-2/h24,26-27H,12-23H2,1-11H3,(H,34,38);1-2H3. The largest absolute Gasteiger partial charge is 0.379 e. The number of amides is 1. The summed E-state index contributed by atoms with van der Waals surface area (Å²) in [7, 11) is 1.59. The van der Waals surface area contributed by atoms with E-state index < -0.39 is 22.8 Å². The number of rotatable bonds is 26. The lowest BCUT2D eigenvalue weighted by molar-refractivity contribution is -0.275. The van der Waals surface area contributed by atoms with E-state index in [1.807, 2.05) is 76.2 Å². The molecule has 0 saturated heterocycles. The molecule has 3 unspecified atom stereocenters. The van der Waals surface area contributed by atoms with Crippen molar-refractivity contribution in [2.45, 2.75) is 152 Å². The van der Waals surface area contributed by atoms with Crippen LogP contribution in [0.1, 0.15) is 128 Å². The summed E-state index contributed by atoms with van der Waals surface area (Å²) in [6.07, 6.45) is 2.76. The molecule has 0 radical (unpaired) electrons. The van der Waals surface area contributed by atoms with Crippen LogP contribution in [0.2, 0.25) is 0 Å². The van der Waals surface area contributed by atoms with Gasteiger partial charge < -0.3 is 29.0 Å². The number of carbonyl (C=O) groups excluding carboxylic acids is 4. The fourth-order valence-electron chi connectivity index (χ4n) is 4.65. The van der Waals surface area contributed by atoms with Crippen LogP contribution < -0.4 is 5.32 Å². The molecule has 45 heavy (non-hydrogen) atoms. The molecular formula is C35H67NO9. The smallest absolute Gasteiger partial charge is 0.220 e. The van der Waals surface area contributed by atoms with Gasteiger partial charge in [-0.25, -0.2) is 0 Å². The van der Waals surface area contributed by atoms with E-state index in [0.29, 0.717) is 45.1 Å². The van der Waals surface area contributed by atoms with Gasteiger partial charge in [-0.1, -0.05) is 48.5 Å². The van der Waals surface area contributed by atoms with Crippen molar-refractivity contribution in [3.05, 3.63) is 0 Å². The monoisotopic (exact) mass is 645 g/mol. The van der Waals surface area contributed by atoms with Crippen molar-refractivity contribution in [1.82, 2.24) is 5.32 Å². The summed E-state index contributed by atoms with van der Waals surface area (Å²) in [6.45, 7) is 24.0. The Morgan fingerprint density at radius 3 is 1.87 bits per heavy atom. The highest BCUT2D eigenvalue weighted by molar-refractivity contribution is 5.83. The van der Waals surface area contributed by atoms with Crippen LogP contribution >= 0.6 is 0 Å². The quantitative estimate of drug-likeness (QED) is 0.0857. The Morgan fingerprint density at radius 1 is 0.822 bits per heavy atom. The first-order chi connectivity index (χ1) is 20.9. The maximum Gasteiger partial charge on any atom is 0.220 e. The van der Waals surface area contributed by atoms with Crippen LogP contribution in [0.3, 0.4) is 0 Å². The van der Waals surface area contributed by atoms with Gasteiger partial charge in [0, 0.05) is 57.2 Å². The van der Waals surface area contributed by atoms with Crippen LogP contribution in [0, 0.1) is 11.3 Å². The van der Waals surface area contributed by atoms with Crippen LogP contribution in [0.4, 0.5) is 0 Å². The van der Waals surface area contributed by atoms with E-state index in [9.17, 15) is 19.2 Å². The molecule has 0 spiro atoms. The molecule has 0 aromatic carbocycles. The number of hydrogen-bond donors (Lipinski definition) is 1. The van der Waals surface area contributed by atoms with E-state index in [4.69, 9.17) is 23.7 Å². The van der Waals surface area contributed by atoms with E-state index in [-0.39, 0.29) is 68.1 Å². The molecule has 0 fully saturated rings. The number of nitrogens with one attached hydrogen (secondary N) is 1. The fourth-order valence-corrected chi connectivity index (χ4v) is 4.65. The highest BCUT2D eigenvalue weighted by atomic mass is 16.7. The Labute approximate surface area is 274 Å². The number of Topliss-reactive ketones (excluding diaryl/α,β-unsaturated/α-hetero) is 3. The van der Waals surface area contributed by atoms with Crippen LogP contribution in [0.5, 0.6) is 0 Å². The first-order valence-corrected chi connectivity index (χ1v) is 16.7. The minimum Gasteiger partial charge on any atom is -0.379 e. The lowest BCUT2D eigenvalue weighted by Gasteiger charge is -2.41. The third-order valence-electron chi connectivity index (χ3n) is 7.39. The summed E-state index contributed by atoms with van der Waals surface area (Å²) >= 11 is 0. The summed E-state index contributed by atoms with van der Waals surface area (Å²) in [5.41, 5.74) is -1.14. The van der Waals surface area contributed by atoms with Crippen LogP contribution in [-0.4, -0.2) is 86.9 Å². The lowest BCUT2D eigenvalue weighted by atomic mass is 9.80. The van der Waals surface area contributed by atoms with Gasteiger partial charge in [0.15, 0.2) is 5.79 Å². The predicted octanol–water partition coefficient (Wildman–Crippen LogP) is 6.25. The molecule has 0 bridgehead atoms. The second-order valence-corrected chi connectivity index (χ2v) is 13.2. The minimum atomic E-state index is -0.929. The van der Waals surface area contributed by atoms with Gasteiger partial charge in [-0.2, -0.15) is 0 Å². The van der Waals surface area contributed by atoms with Gasteiger partial charge >= 0.3 is 0 Å². The molecular weight excluding hydrogens is 578 g/mol. The topological polar surface area (TPSA) is 126 Å². The van der Waals surface area contributed by atoms with Crippen molar-refractivity contribution < 1.29 is 42.9 Å². The zero-order chi connectivity index (χ0) is 35.3. The van der Waals surface area contributed by atoms with Crippen LogP contribution in [0.15, 0.2) is 0 Å². The normalized spacial score (nSPS) is 14.6. The Morgan fingerprint density at radius 2 is 1.38 bits per heavy atom. The Kier molecular flexibility index (Phi) is 23.8. The van der Waals surface area contributed by atoms with Gasteiger partial charge in [0.25, 0.3) is 0 Å². The molecule has 10 nitrogen and oxygen atoms in total. The fraction of sp³-hybridized carbons (Fsp3) is 0.886. The number of hydrogen-bond acceptors (Lipinski definition) is 9. The average Bonchev–Trinajstić information content (AvgIpc) is 2.95. The Bertz CT molecular complexity index is 856. The molecule has 0 rings (SSSR count). The van der Waals surface area contributed by atoms with Gasteiger partial charge in [0.2, 0.25) is 5.91 Å². The van der Waals surface area contributed by atoms with E-state index in [1.54, 1.807) is 7.11 Å². The predicted molar refractivity (Wildman–Crippen MR) is 178 cm³/mol. The molecule has 266 valence electrons. The van der Waals surface area contributed by atoms with E-state index in [0.717, 1.165) is 0 Å². The third kappa shape index (κ3) is 22.4. The first-order valence-electron chi connectivity index (χ1n) is 16.7. The molecule has 0 heterocycles. The van der Waals surface area contributed by atoms with E-state index in [1.165, 1.54) is 6.92 Å². The lowest BCUT2D eigenvalue weighted by Crippen LogP contribution is -2.45. The van der Waals surface area contributed by atoms with E-state index >= 15 is 0 Å². The Hall–Kier alpha value is -1.72. The number of ether oxygens (including phenoxy) is 5. The van der Waals surface area contributed by atoms with Gasteiger partial charge in [0.05, 0.1) is 44.2 Å². The molecule has 1 N–H and O–H groups in total. The van der Waals surface area contributed by atoms with Crippen molar-refractivity contribution in [1.29, 1.82) is 0 Å². The second-order valence-electron chi connectivity index (χ2n) is 13.2. The van der Waals surface area contributed by atoms with Gasteiger partial charge in [-0.05, 0) is 47.5 Å². The van der Waals surface area contributed by atoms with Crippen molar-refractivity contribution in [2.24, 2.45) is 11.3 Å². The highest BCUT2D eigenvalue weighted by Crippen LogP contribution is 2.36. The van der Waals surface area contributed by atoms with Crippen LogP contribution in [-0.2, 0) is 42.9 Å². The maximum atomic E-state index is 12.7. The van der Waals surface area contributed by atoms with Crippen molar-refractivity contribution in [2.75, 3.05) is 40.1 Å². The number of carbonyl (C=O) groups is 4. The molecule has 3 atom stereocenters. The maximum absolute atomic E-state index is 12.7. The van der Waals surface area contributed by atoms with Gasteiger partial charge in [-0.3, -0.25) is 19.2 Å². The number of ketones is 3. The molecule has 0 aliphatic rings. The van der Waals surface area contributed by atoms with Gasteiger partial charge in [0.1, 0.15) is 17.3 Å². The number of methoxy groups -OCH3 is 1. The van der Waals surface area contributed by atoms with Crippen molar-refractivity contribution >= 4 is 23.3 Å². The molecule has 0 aromatic heterocycles.